The molecule has 0 aromatic heterocycles. The molecule has 1 aromatic rings. The summed E-state index contributed by atoms with van der Waals surface area (Å²) in [6, 6.07) is 4.64. The Balaban J connectivity index is 1.85. The summed E-state index contributed by atoms with van der Waals surface area (Å²) in [4.78, 5) is 11.8. The zero-order chi connectivity index (χ0) is 13.8. The summed E-state index contributed by atoms with van der Waals surface area (Å²) in [5.74, 6) is 0.507. The molecule has 0 heterocycles. The van der Waals surface area contributed by atoms with Gasteiger partial charge in [0.1, 0.15) is 5.82 Å². The first-order chi connectivity index (χ1) is 9.04. The van der Waals surface area contributed by atoms with Gasteiger partial charge in [0, 0.05) is 11.7 Å². The minimum atomic E-state index is -0.257. The van der Waals surface area contributed by atoms with Crippen LogP contribution in [0.25, 0.3) is 0 Å². The maximum Gasteiger partial charge on any atom is 0.319 e. The highest BCUT2D eigenvalue weighted by molar-refractivity contribution is 5.89. The molecule has 0 saturated heterocycles. The van der Waals surface area contributed by atoms with Crippen molar-refractivity contribution in [3.05, 3.63) is 29.6 Å². The smallest absolute Gasteiger partial charge is 0.319 e. The number of nitrogens with one attached hydrogen (secondary N) is 2. The number of hydrogen-bond donors (Lipinski definition) is 2. The van der Waals surface area contributed by atoms with Gasteiger partial charge in [-0.25, -0.2) is 9.18 Å². The molecule has 3 nitrogen and oxygen atoms in total. The fourth-order valence-electron chi connectivity index (χ4n) is 2.48. The second kappa shape index (κ2) is 6.04. The molecule has 19 heavy (non-hydrogen) atoms. The van der Waals surface area contributed by atoms with Gasteiger partial charge in [0.2, 0.25) is 0 Å². The highest BCUT2D eigenvalue weighted by Crippen LogP contribution is 2.23. The van der Waals surface area contributed by atoms with E-state index in [1.807, 2.05) is 0 Å². The van der Waals surface area contributed by atoms with Crippen molar-refractivity contribution >= 4 is 11.7 Å². The van der Waals surface area contributed by atoms with Crippen LogP contribution in [-0.4, -0.2) is 12.1 Å². The highest BCUT2D eigenvalue weighted by atomic mass is 19.1. The Morgan fingerprint density at radius 2 is 1.95 bits per heavy atom. The van der Waals surface area contributed by atoms with Crippen molar-refractivity contribution in [2.24, 2.45) is 5.92 Å². The second-order valence-electron chi connectivity index (χ2n) is 5.52. The minimum absolute atomic E-state index is 0.203. The molecule has 1 fully saturated rings. The monoisotopic (exact) mass is 264 g/mol. The van der Waals surface area contributed by atoms with Crippen LogP contribution >= 0.6 is 0 Å². The number of aryl methyl sites for hydroxylation is 1. The molecule has 2 N–H and O–H groups in total. The van der Waals surface area contributed by atoms with Gasteiger partial charge < -0.3 is 10.6 Å². The van der Waals surface area contributed by atoms with E-state index in [1.165, 1.54) is 18.9 Å². The summed E-state index contributed by atoms with van der Waals surface area (Å²) in [5.41, 5.74) is 1.16. The molecular weight excluding hydrogens is 243 g/mol. The molecule has 0 unspecified atom stereocenters. The van der Waals surface area contributed by atoms with Gasteiger partial charge in [-0.3, -0.25) is 0 Å². The quantitative estimate of drug-likeness (QED) is 0.837. The highest BCUT2D eigenvalue weighted by Gasteiger charge is 2.19. The standard InChI is InChI=1S/C15H21FN2O/c1-10-3-5-12(6-4-10)17-15(19)18-13-7-8-14(16)11(2)9-13/h7-10,12H,3-6H2,1-2H3,(H2,17,18,19). The van der Waals surface area contributed by atoms with Crippen molar-refractivity contribution in [3.63, 3.8) is 0 Å². The third-order valence-corrected chi connectivity index (χ3v) is 3.77. The maximum atomic E-state index is 13.1. The fourth-order valence-corrected chi connectivity index (χ4v) is 2.48. The van der Waals surface area contributed by atoms with Crippen LogP contribution in [0.5, 0.6) is 0 Å². The van der Waals surface area contributed by atoms with E-state index in [-0.39, 0.29) is 17.9 Å². The Labute approximate surface area is 113 Å². The summed E-state index contributed by atoms with van der Waals surface area (Å²) >= 11 is 0. The van der Waals surface area contributed by atoms with E-state index in [4.69, 9.17) is 0 Å². The predicted molar refractivity (Wildman–Crippen MR) is 74.7 cm³/mol. The van der Waals surface area contributed by atoms with E-state index in [1.54, 1.807) is 19.1 Å². The zero-order valence-electron chi connectivity index (χ0n) is 11.5. The molecule has 2 rings (SSSR count). The maximum absolute atomic E-state index is 13.1. The predicted octanol–water partition coefficient (Wildman–Crippen LogP) is 3.83. The van der Waals surface area contributed by atoms with Crippen molar-refractivity contribution in [2.75, 3.05) is 5.32 Å². The molecule has 0 aliphatic heterocycles. The van der Waals surface area contributed by atoms with Gasteiger partial charge in [-0.15, -0.1) is 0 Å². The topological polar surface area (TPSA) is 41.1 Å². The Kier molecular flexibility index (Phi) is 4.40. The molecule has 104 valence electrons. The van der Waals surface area contributed by atoms with E-state index in [2.05, 4.69) is 17.6 Å². The van der Waals surface area contributed by atoms with Crippen molar-refractivity contribution in [1.29, 1.82) is 0 Å². The molecule has 0 radical (unpaired) electrons. The van der Waals surface area contributed by atoms with Crippen LogP contribution in [-0.2, 0) is 0 Å². The molecule has 0 spiro atoms. The lowest BCUT2D eigenvalue weighted by Crippen LogP contribution is -2.39. The van der Waals surface area contributed by atoms with Crippen molar-refractivity contribution in [1.82, 2.24) is 5.32 Å². The normalized spacial score (nSPS) is 22.9. The summed E-state index contributed by atoms with van der Waals surface area (Å²) in [7, 11) is 0. The van der Waals surface area contributed by atoms with Crippen LogP contribution in [0.4, 0.5) is 14.9 Å². The van der Waals surface area contributed by atoms with E-state index in [0.29, 0.717) is 11.3 Å². The molecule has 1 aliphatic rings. The number of benzene rings is 1. The van der Waals surface area contributed by atoms with Gasteiger partial charge in [0.25, 0.3) is 0 Å². The number of amides is 2. The van der Waals surface area contributed by atoms with Gasteiger partial charge >= 0.3 is 6.03 Å². The lowest BCUT2D eigenvalue weighted by molar-refractivity contribution is 0.239. The number of hydrogen-bond acceptors (Lipinski definition) is 1. The lowest BCUT2D eigenvalue weighted by atomic mass is 9.87. The van der Waals surface area contributed by atoms with Crippen molar-refractivity contribution in [2.45, 2.75) is 45.6 Å². The van der Waals surface area contributed by atoms with Crippen LogP contribution in [0, 0.1) is 18.7 Å². The number of halogens is 1. The van der Waals surface area contributed by atoms with Gasteiger partial charge in [-0.05, 0) is 62.3 Å². The van der Waals surface area contributed by atoms with Crippen LogP contribution in [0.2, 0.25) is 0 Å². The van der Waals surface area contributed by atoms with Crippen LogP contribution in [0.1, 0.15) is 38.2 Å². The SMILES string of the molecule is Cc1cc(NC(=O)NC2CCC(C)CC2)ccc1F. The molecule has 1 aromatic carbocycles. The van der Waals surface area contributed by atoms with Gasteiger partial charge in [-0.2, -0.15) is 0 Å². The lowest BCUT2D eigenvalue weighted by Gasteiger charge is -2.26. The number of rotatable bonds is 2. The Hall–Kier alpha value is -1.58. The second-order valence-corrected chi connectivity index (χ2v) is 5.52. The van der Waals surface area contributed by atoms with E-state index in [9.17, 15) is 9.18 Å². The molecular formula is C15H21FN2O. The number of carbonyl (C=O) groups excluding carboxylic acids is 1. The summed E-state index contributed by atoms with van der Waals surface area (Å²) in [6.07, 6.45) is 4.41. The summed E-state index contributed by atoms with van der Waals surface area (Å²) in [6.45, 7) is 3.93. The molecule has 0 bridgehead atoms. The molecule has 0 atom stereocenters. The summed E-state index contributed by atoms with van der Waals surface area (Å²) in [5, 5.41) is 5.73. The van der Waals surface area contributed by atoms with Crippen LogP contribution in [0.3, 0.4) is 0 Å². The largest absolute Gasteiger partial charge is 0.335 e. The van der Waals surface area contributed by atoms with E-state index < -0.39 is 0 Å². The van der Waals surface area contributed by atoms with Crippen molar-refractivity contribution < 1.29 is 9.18 Å². The first-order valence-corrected chi connectivity index (χ1v) is 6.88. The van der Waals surface area contributed by atoms with E-state index in [0.717, 1.165) is 18.8 Å². The third-order valence-electron chi connectivity index (χ3n) is 3.77. The molecule has 2 amide bonds. The fraction of sp³-hybridized carbons (Fsp3) is 0.533. The van der Waals surface area contributed by atoms with Gasteiger partial charge in [0.15, 0.2) is 0 Å². The van der Waals surface area contributed by atoms with Crippen LogP contribution in [0.15, 0.2) is 18.2 Å². The first-order valence-electron chi connectivity index (χ1n) is 6.88. The molecule has 4 heteroatoms. The van der Waals surface area contributed by atoms with Crippen LogP contribution < -0.4 is 10.6 Å². The third kappa shape index (κ3) is 3.94. The average molecular weight is 264 g/mol. The van der Waals surface area contributed by atoms with Crippen molar-refractivity contribution in [3.8, 4) is 0 Å². The summed E-state index contributed by atoms with van der Waals surface area (Å²) < 4.78 is 13.1. The Morgan fingerprint density at radius 3 is 2.58 bits per heavy atom. The first kappa shape index (κ1) is 13.8. The number of urea groups is 1. The Bertz CT molecular complexity index is 453. The van der Waals surface area contributed by atoms with E-state index >= 15 is 0 Å². The number of anilines is 1. The molecule has 1 aliphatic carbocycles. The van der Waals surface area contributed by atoms with Gasteiger partial charge in [-0.1, -0.05) is 6.92 Å². The minimum Gasteiger partial charge on any atom is -0.335 e. The number of carbonyl (C=O) groups is 1. The average Bonchev–Trinajstić information content (AvgIpc) is 2.37. The van der Waals surface area contributed by atoms with Gasteiger partial charge in [0.05, 0.1) is 0 Å². The zero-order valence-corrected chi connectivity index (χ0v) is 11.5. The Morgan fingerprint density at radius 1 is 1.26 bits per heavy atom. The molecule has 1 saturated carbocycles.